The molecule has 0 aromatic heterocycles. The molecule has 2 heterocycles. The lowest BCUT2D eigenvalue weighted by Gasteiger charge is -2.14. The van der Waals surface area contributed by atoms with Crippen molar-refractivity contribution in [2.45, 2.75) is 19.8 Å². The number of rotatable bonds is 4. The van der Waals surface area contributed by atoms with E-state index in [2.05, 4.69) is 22.5 Å². The van der Waals surface area contributed by atoms with Gasteiger partial charge >= 0.3 is 0 Å². The molecule has 0 aliphatic carbocycles. The van der Waals surface area contributed by atoms with Crippen LogP contribution in [0.3, 0.4) is 0 Å². The lowest BCUT2D eigenvalue weighted by atomic mass is 10.1. The van der Waals surface area contributed by atoms with Gasteiger partial charge in [0.05, 0.1) is 0 Å². The molecule has 1 amide bonds. The summed E-state index contributed by atoms with van der Waals surface area (Å²) in [5.41, 5.74) is 3.23. The molecular weight excluding hydrogens is 321 g/mol. The van der Waals surface area contributed by atoms with Crippen LogP contribution in [0.2, 0.25) is 0 Å². The fourth-order valence-corrected chi connectivity index (χ4v) is 3.15. The third-order valence-electron chi connectivity index (χ3n) is 4.45. The smallest absolute Gasteiger partial charge is 0.251 e. The molecule has 2 aliphatic heterocycles. The molecule has 22 heavy (non-hydrogen) atoms. The Morgan fingerprint density at radius 2 is 2.23 bits per heavy atom. The average Bonchev–Trinajstić information content (AvgIpc) is 3.12. The molecule has 1 saturated heterocycles. The van der Waals surface area contributed by atoms with Crippen molar-refractivity contribution in [3.8, 4) is 0 Å². The summed E-state index contributed by atoms with van der Waals surface area (Å²) in [6.45, 7) is 7.37. The Labute approximate surface area is 144 Å². The van der Waals surface area contributed by atoms with Crippen LogP contribution in [0.25, 0.3) is 0 Å². The number of hydrogen-bond donors (Lipinski definition) is 2. The molecule has 0 spiro atoms. The normalized spacial score (nSPS) is 19.6. The van der Waals surface area contributed by atoms with Crippen molar-refractivity contribution in [2.24, 2.45) is 5.92 Å². The van der Waals surface area contributed by atoms with Crippen molar-refractivity contribution in [1.82, 2.24) is 10.2 Å². The van der Waals surface area contributed by atoms with E-state index in [0.717, 1.165) is 38.2 Å². The standard InChI is InChI=1S/C16H23N3O.2ClH/c1-2-19-8-6-12(11-19)10-18-16(20)14-3-4-15-13(9-14)5-7-17-15;;/h3-4,9,12,17H,2,5-8,10-11H2,1H3,(H,18,20);2*1H. The number of likely N-dealkylation sites (tertiary alicyclic amines) is 1. The van der Waals surface area contributed by atoms with Crippen LogP contribution >= 0.6 is 24.8 Å². The molecule has 0 bridgehead atoms. The number of halogens is 2. The SMILES string of the molecule is CCN1CCC(CNC(=O)c2ccc3c(c2)CCN3)C1.Cl.Cl. The molecule has 4 nitrogen and oxygen atoms in total. The first-order valence-corrected chi connectivity index (χ1v) is 7.63. The first-order chi connectivity index (χ1) is 9.76. The third-order valence-corrected chi connectivity index (χ3v) is 4.45. The predicted molar refractivity (Wildman–Crippen MR) is 95.7 cm³/mol. The largest absolute Gasteiger partial charge is 0.384 e. The minimum Gasteiger partial charge on any atom is -0.384 e. The zero-order valence-electron chi connectivity index (χ0n) is 12.9. The highest BCUT2D eigenvalue weighted by Crippen LogP contribution is 2.23. The second-order valence-electron chi connectivity index (χ2n) is 5.81. The Kier molecular flexibility index (Phi) is 7.46. The van der Waals surface area contributed by atoms with Gasteiger partial charge in [-0.15, -0.1) is 24.8 Å². The van der Waals surface area contributed by atoms with E-state index in [-0.39, 0.29) is 30.7 Å². The number of amides is 1. The fraction of sp³-hybridized carbons (Fsp3) is 0.562. The van der Waals surface area contributed by atoms with E-state index in [1.165, 1.54) is 24.2 Å². The van der Waals surface area contributed by atoms with Crippen molar-refractivity contribution >= 4 is 36.4 Å². The van der Waals surface area contributed by atoms with Gasteiger partial charge in [-0.1, -0.05) is 6.92 Å². The molecule has 124 valence electrons. The van der Waals surface area contributed by atoms with Crippen LogP contribution in [-0.4, -0.2) is 43.5 Å². The van der Waals surface area contributed by atoms with Gasteiger partial charge in [0.25, 0.3) is 5.91 Å². The summed E-state index contributed by atoms with van der Waals surface area (Å²) >= 11 is 0. The maximum atomic E-state index is 12.2. The third kappa shape index (κ3) is 4.28. The van der Waals surface area contributed by atoms with Crippen LogP contribution in [-0.2, 0) is 6.42 Å². The molecular formula is C16H25Cl2N3O. The van der Waals surface area contributed by atoms with Gasteiger partial charge in [0.1, 0.15) is 0 Å². The monoisotopic (exact) mass is 345 g/mol. The zero-order chi connectivity index (χ0) is 13.9. The molecule has 2 N–H and O–H groups in total. The topological polar surface area (TPSA) is 44.4 Å². The zero-order valence-corrected chi connectivity index (χ0v) is 14.6. The van der Waals surface area contributed by atoms with Crippen LogP contribution in [0.4, 0.5) is 5.69 Å². The van der Waals surface area contributed by atoms with Crippen molar-refractivity contribution in [1.29, 1.82) is 0 Å². The second kappa shape index (κ2) is 8.61. The summed E-state index contributed by atoms with van der Waals surface area (Å²) in [6, 6.07) is 5.96. The van der Waals surface area contributed by atoms with Crippen LogP contribution in [0.5, 0.6) is 0 Å². The molecule has 3 rings (SSSR count). The highest BCUT2D eigenvalue weighted by Gasteiger charge is 2.21. The van der Waals surface area contributed by atoms with E-state index in [1.807, 2.05) is 18.2 Å². The number of fused-ring (bicyclic) bond motifs is 1. The van der Waals surface area contributed by atoms with E-state index in [1.54, 1.807) is 0 Å². The predicted octanol–water partition coefficient (Wildman–Crippen LogP) is 2.57. The number of benzene rings is 1. The van der Waals surface area contributed by atoms with E-state index >= 15 is 0 Å². The molecule has 1 unspecified atom stereocenters. The van der Waals surface area contributed by atoms with E-state index < -0.39 is 0 Å². The molecule has 6 heteroatoms. The van der Waals surface area contributed by atoms with Gasteiger partial charge in [0.2, 0.25) is 0 Å². The first-order valence-electron chi connectivity index (χ1n) is 7.63. The lowest BCUT2D eigenvalue weighted by Crippen LogP contribution is -2.31. The highest BCUT2D eigenvalue weighted by atomic mass is 35.5. The Hall–Kier alpha value is -0.970. The Balaban J connectivity index is 0.00000121. The minimum atomic E-state index is 0. The van der Waals surface area contributed by atoms with Crippen molar-refractivity contribution in [2.75, 3.05) is 38.0 Å². The number of anilines is 1. The quantitative estimate of drug-likeness (QED) is 0.881. The van der Waals surface area contributed by atoms with Crippen LogP contribution in [0.15, 0.2) is 18.2 Å². The van der Waals surface area contributed by atoms with Gasteiger partial charge in [0, 0.05) is 30.9 Å². The van der Waals surface area contributed by atoms with Crippen molar-refractivity contribution < 1.29 is 4.79 Å². The Morgan fingerprint density at radius 3 is 2.95 bits per heavy atom. The average molecular weight is 346 g/mol. The number of nitrogens with zero attached hydrogens (tertiary/aromatic N) is 1. The van der Waals surface area contributed by atoms with Gasteiger partial charge in [-0.2, -0.15) is 0 Å². The summed E-state index contributed by atoms with van der Waals surface area (Å²) in [5, 5.41) is 6.41. The number of carbonyl (C=O) groups excluding carboxylic acids is 1. The van der Waals surface area contributed by atoms with Gasteiger partial charge in [-0.05, 0) is 55.6 Å². The van der Waals surface area contributed by atoms with Crippen LogP contribution in [0.1, 0.15) is 29.3 Å². The van der Waals surface area contributed by atoms with Crippen LogP contribution < -0.4 is 10.6 Å². The molecule has 0 saturated carbocycles. The number of hydrogen-bond acceptors (Lipinski definition) is 3. The molecule has 1 aromatic carbocycles. The van der Waals surface area contributed by atoms with E-state index in [9.17, 15) is 4.79 Å². The van der Waals surface area contributed by atoms with Gasteiger partial charge in [-0.3, -0.25) is 4.79 Å². The molecule has 1 atom stereocenters. The minimum absolute atomic E-state index is 0. The summed E-state index contributed by atoms with van der Waals surface area (Å²) < 4.78 is 0. The van der Waals surface area contributed by atoms with E-state index in [4.69, 9.17) is 0 Å². The molecule has 1 aromatic rings. The van der Waals surface area contributed by atoms with Gasteiger partial charge in [-0.25, -0.2) is 0 Å². The highest BCUT2D eigenvalue weighted by molar-refractivity contribution is 5.95. The molecule has 1 fully saturated rings. The van der Waals surface area contributed by atoms with Gasteiger partial charge < -0.3 is 15.5 Å². The molecule has 2 aliphatic rings. The number of carbonyl (C=O) groups is 1. The fourth-order valence-electron chi connectivity index (χ4n) is 3.15. The van der Waals surface area contributed by atoms with Crippen molar-refractivity contribution in [3.05, 3.63) is 29.3 Å². The van der Waals surface area contributed by atoms with Crippen LogP contribution in [0, 0.1) is 5.92 Å². The van der Waals surface area contributed by atoms with Crippen molar-refractivity contribution in [3.63, 3.8) is 0 Å². The van der Waals surface area contributed by atoms with E-state index in [0.29, 0.717) is 5.92 Å². The lowest BCUT2D eigenvalue weighted by molar-refractivity contribution is 0.0947. The second-order valence-corrected chi connectivity index (χ2v) is 5.81. The summed E-state index contributed by atoms with van der Waals surface area (Å²) in [5.74, 6) is 0.671. The Morgan fingerprint density at radius 1 is 1.41 bits per heavy atom. The Bertz CT molecular complexity index is 510. The summed E-state index contributed by atoms with van der Waals surface area (Å²) in [6.07, 6.45) is 2.22. The number of nitrogens with one attached hydrogen (secondary N) is 2. The van der Waals surface area contributed by atoms with Gasteiger partial charge in [0.15, 0.2) is 0 Å². The summed E-state index contributed by atoms with van der Waals surface area (Å²) in [7, 11) is 0. The summed E-state index contributed by atoms with van der Waals surface area (Å²) in [4.78, 5) is 14.6. The maximum absolute atomic E-state index is 12.2. The molecule has 0 radical (unpaired) electrons. The first kappa shape index (κ1) is 19.1. The maximum Gasteiger partial charge on any atom is 0.251 e.